The maximum atomic E-state index is 3.85. The molecular formula is C14H26. The highest BCUT2D eigenvalue weighted by Gasteiger charge is 2.00. The molecule has 0 saturated carbocycles. The Hall–Kier alpha value is -0.520. The molecule has 0 heteroatoms. The SMILES string of the molecule is C=C(C)/C=C/CC(C)CCCC(C)C. The first-order chi connectivity index (χ1) is 6.52. The lowest BCUT2D eigenvalue weighted by molar-refractivity contribution is 0.461. The van der Waals surface area contributed by atoms with E-state index in [-0.39, 0.29) is 0 Å². The van der Waals surface area contributed by atoms with Crippen molar-refractivity contribution in [1.82, 2.24) is 0 Å². The lowest BCUT2D eigenvalue weighted by Crippen LogP contribution is -1.95. The Morgan fingerprint density at radius 1 is 1.21 bits per heavy atom. The molecule has 0 bridgehead atoms. The first kappa shape index (κ1) is 13.5. The van der Waals surface area contributed by atoms with Crippen LogP contribution in [0.5, 0.6) is 0 Å². The van der Waals surface area contributed by atoms with E-state index in [1.54, 1.807) is 0 Å². The van der Waals surface area contributed by atoms with Gasteiger partial charge < -0.3 is 0 Å². The predicted octanol–water partition coefficient (Wildman–Crippen LogP) is 4.97. The second-order valence-electron chi connectivity index (χ2n) is 4.91. The van der Waals surface area contributed by atoms with E-state index in [1.165, 1.54) is 25.7 Å². The molecule has 1 unspecified atom stereocenters. The van der Waals surface area contributed by atoms with E-state index >= 15 is 0 Å². The second-order valence-corrected chi connectivity index (χ2v) is 4.91. The molecule has 0 aromatic rings. The van der Waals surface area contributed by atoms with Crippen LogP contribution in [-0.4, -0.2) is 0 Å². The molecule has 82 valence electrons. The van der Waals surface area contributed by atoms with Crippen LogP contribution >= 0.6 is 0 Å². The van der Waals surface area contributed by atoms with Crippen molar-refractivity contribution in [3.63, 3.8) is 0 Å². The third-order valence-electron chi connectivity index (χ3n) is 2.42. The molecule has 0 fully saturated rings. The molecule has 0 radical (unpaired) electrons. The Kier molecular flexibility index (Phi) is 7.55. The van der Waals surface area contributed by atoms with Gasteiger partial charge in [0.15, 0.2) is 0 Å². The summed E-state index contributed by atoms with van der Waals surface area (Å²) in [6.07, 6.45) is 9.68. The fraction of sp³-hybridized carbons (Fsp3) is 0.714. The predicted molar refractivity (Wildman–Crippen MR) is 66.4 cm³/mol. The van der Waals surface area contributed by atoms with Crippen molar-refractivity contribution in [2.75, 3.05) is 0 Å². The molecule has 0 spiro atoms. The van der Waals surface area contributed by atoms with Crippen molar-refractivity contribution in [3.05, 3.63) is 24.3 Å². The van der Waals surface area contributed by atoms with Crippen molar-refractivity contribution in [1.29, 1.82) is 0 Å². The van der Waals surface area contributed by atoms with Gasteiger partial charge in [0.05, 0.1) is 0 Å². The zero-order valence-corrected chi connectivity index (χ0v) is 10.3. The Morgan fingerprint density at radius 2 is 1.86 bits per heavy atom. The van der Waals surface area contributed by atoms with Crippen LogP contribution in [0.4, 0.5) is 0 Å². The van der Waals surface area contributed by atoms with Gasteiger partial charge in [-0.25, -0.2) is 0 Å². The summed E-state index contributed by atoms with van der Waals surface area (Å²) in [7, 11) is 0. The first-order valence-electron chi connectivity index (χ1n) is 5.84. The van der Waals surface area contributed by atoms with Crippen molar-refractivity contribution in [3.8, 4) is 0 Å². The molecule has 0 rings (SSSR count). The third-order valence-corrected chi connectivity index (χ3v) is 2.42. The molecule has 0 heterocycles. The smallest absolute Gasteiger partial charge is 0.0322 e. The summed E-state index contributed by atoms with van der Waals surface area (Å²) in [5.41, 5.74) is 1.15. The fourth-order valence-corrected chi connectivity index (χ4v) is 1.49. The summed E-state index contributed by atoms with van der Waals surface area (Å²) in [5.74, 6) is 1.68. The molecule has 0 aromatic carbocycles. The molecule has 14 heavy (non-hydrogen) atoms. The highest BCUT2D eigenvalue weighted by Crippen LogP contribution is 2.15. The number of allylic oxidation sites excluding steroid dienone is 3. The van der Waals surface area contributed by atoms with E-state index in [4.69, 9.17) is 0 Å². The van der Waals surface area contributed by atoms with E-state index in [9.17, 15) is 0 Å². The molecule has 0 saturated heterocycles. The highest BCUT2D eigenvalue weighted by molar-refractivity contribution is 5.10. The van der Waals surface area contributed by atoms with Crippen LogP contribution in [0, 0.1) is 11.8 Å². The van der Waals surface area contributed by atoms with Crippen LogP contribution in [0.15, 0.2) is 24.3 Å². The van der Waals surface area contributed by atoms with Crippen LogP contribution in [0.3, 0.4) is 0 Å². The Morgan fingerprint density at radius 3 is 2.36 bits per heavy atom. The standard InChI is InChI=1S/C14H26/c1-12(2)8-6-10-14(5)11-7-9-13(3)4/h6,8,13-14H,1,7,9-11H2,2-5H3/b8-6+. The summed E-state index contributed by atoms with van der Waals surface area (Å²) in [6, 6.07) is 0. The average Bonchev–Trinajstić information content (AvgIpc) is 2.02. The topological polar surface area (TPSA) is 0 Å². The largest absolute Gasteiger partial charge is 0.0961 e. The zero-order chi connectivity index (χ0) is 11.0. The molecule has 0 N–H and O–H groups in total. The van der Waals surface area contributed by atoms with Crippen LogP contribution < -0.4 is 0 Å². The number of hydrogen-bond donors (Lipinski definition) is 0. The molecule has 1 atom stereocenters. The number of rotatable bonds is 7. The van der Waals surface area contributed by atoms with E-state index in [1.807, 2.05) is 6.92 Å². The molecule has 0 aliphatic heterocycles. The van der Waals surface area contributed by atoms with Gasteiger partial charge in [0, 0.05) is 0 Å². The first-order valence-corrected chi connectivity index (χ1v) is 5.84. The summed E-state index contributed by atoms with van der Waals surface area (Å²) >= 11 is 0. The fourth-order valence-electron chi connectivity index (χ4n) is 1.49. The van der Waals surface area contributed by atoms with Gasteiger partial charge in [-0.15, -0.1) is 0 Å². The minimum Gasteiger partial charge on any atom is -0.0961 e. The van der Waals surface area contributed by atoms with Crippen molar-refractivity contribution in [2.24, 2.45) is 11.8 Å². The lowest BCUT2D eigenvalue weighted by atomic mass is 9.97. The molecule has 0 aliphatic carbocycles. The molecular weight excluding hydrogens is 168 g/mol. The van der Waals surface area contributed by atoms with E-state index in [0.29, 0.717) is 0 Å². The molecule has 0 amide bonds. The Bertz CT molecular complexity index is 174. The van der Waals surface area contributed by atoms with Gasteiger partial charge in [0.1, 0.15) is 0 Å². The lowest BCUT2D eigenvalue weighted by Gasteiger charge is -2.09. The van der Waals surface area contributed by atoms with E-state index in [2.05, 4.69) is 39.5 Å². The third kappa shape index (κ3) is 9.57. The molecule has 0 aromatic heterocycles. The van der Waals surface area contributed by atoms with Gasteiger partial charge in [0.25, 0.3) is 0 Å². The maximum Gasteiger partial charge on any atom is -0.0322 e. The van der Waals surface area contributed by atoms with Crippen LogP contribution in [0.2, 0.25) is 0 Å². The van der Waals surface area contributed by atoms with Gasteiger partial charge in [-0.05, 0) is 25.2 Å². The Labute approximate surface area is 90.1 Å². The molecule has 0 aliphatic rings. The maximum absolute atomic E-state index is 3.85. The van der Waals surface area contributed by atoms with Crippen LogP contribution in [0.25, 0.3) is 0 Å². The zero-order valence-electron chi connectivity index (χ0n) is 10.3. The van der Waals surface area contributed by atoms with Crippen molar-refractivity contribution < 1.29 is 0 Å². The summed E-state index contributed by atoms with van der Waals surface area (Å²) < 4.78 is 0. The second kappa shape index (κ2) is 7.84. The quantitative estimate of drug-likeness (QED) is 0.502. The van der Waals surface area contributed by atoms with E-state index < -0.39 is 0 Å². The van der Waals surface area contributed by atoms with Gasteiger partial charge >= 0.3 is 0 Å². The van der Waals surface area contributed by atoms with Gasteiger partial charge in [-0.3, -0.25) is 0 Å². The van der Waals surface area contributed by atoms with E-state index in [0.717, 1.165) is 17.4 Å². The number of hydrogen-bond acceptors (Lipinski definition) is 0. The van der Waals surface area contributed by atoms with Crippen molar-refractivity contribution >= 4 is 0 Å². The summed E-state index contributed by atoms with van der Waals surface area (Å²) in [4.78, 5) is 0. The minimum atomic E-state index is 0.823. The highest BCUT2D eigenvalue weighted by atomic mass is 14.1. The minimum absolute atomic E-state index is 0.823. The van der Waals surface area contributed by atoms with Crippen molar-refractivity contribution in [2.45, 2.75) is 53.4 Å². The van der Waals surface area contributed by atoms with Gasteiger partial charge in [-0.2, -0.15) is 0 Å². The van der Waals surface area contributed by atoms with Crippen LogP contribution in [0.1, 0.15) is 53.4 Å². The summed E-state index contributed by atoms with van der Waals surface area (Å²) in [6.45, 7) is 12.8. The average molecular weight is 194 g/mol. The normalized spacial score (nSPS) is 13.8. The Balaban J connectivity index is 3.45. The monoisotopic (exact) mass is 194 g/mol. The summed E-state index contributed by atoms with van der Waals surface area (Å²) in [5, 5.41) is 0. The van der Waals surface area contributed by atoms with Gasteiger partial charge in [-0.1, -0.05) is 64.3 Å². The van der Waals surface area contributed by atoms with Gasteiger partial charge in [0.2, 0.25) is 0 Å². The molecule has 0 nitrogen and oxygen atoms in total. The van der Waals surface area contributed by atoms with Crippen LogP contribution in [-0.2, 0) is 0 Å².